The molecule has 4 heteroatoms. The van der Waals surface area contributed by atoms with Gasteiger partial charge in [0.2, 0.25) is 0 Å². The number of nitrogens with zero attached hydrogens (tertiary/aromatic N) is 3. The molecule has 0 amide bonds. The van der Waals surface area contributed by atoms with Gasteiger partial charge in [-0.25, -0.2) is 0 Å². The van der Waals surface area contributed by atoms with Crippen LogP contribution >= 0.6 is 0 Å². The molecule has 4 aliphatic carbocycles. The number of hydrogen-bond donors (Lipinski definition) is 0. The van der Waals surface area contributed by atoms with Gasteiger partial charge in [0.25, 0.3) is 0 Å². The summed E-state index contributed by atoms with van der Waals surface area (Å²) in [4.78, 5) is 1.92. The smallest absolute Gasteiger partial charge is 0.0693 e. The van der Waals surface area contributed by atoms with E-state index in [4.69, 9.17) is 4.74 Å². The molecule has 1 aromatic heterocycles. The fourth-order valence-corrected chi connectivity index (χ4v) is 9.08. The quantitative estimate of drug-likeness (QED) is 0.588. The van der Waals surface area contributed by atoms with Crippen LogP contribution in [-0.2, 0) is 11.3 Å². The van der Waals surface area contributed by atoms with E-state index in [9.17, 15) is 0 Å². The Balaban J connectivity index is 1.25. The van der Waals surface area contributed by atoms with Gasteiger partial charge in [-0.05, 0) is 117 Å². The lowest BCUT2D eigenvalue weighted by atomic mass is 9.49. The van der Waals surface area contributed by atoms with Gasteiger partial charge in [-0.3, -0.25) is 0 Å². The molecule has 0 saturated heterocycles. The molecule has 30 heavy (non-hydrogen) atoms. The second-order valence-electron chi connectivity index (χ2n) is 11.6. The Kier molecular flexibility index (Phi) is 5.98. The van der Waals surface area contributed by atoms with Gasteiger partial charge >= 0.3 is 0 Å². The van der Waals surface area contributed by atoms with Crippen molar-refractivity contribution in [2.75, 3.05) is 13.2 Å². The highest BCUT2D eigenvalue weighted by Gasteiger charge is 2.57. The Morgan fingerprint density at radius 3 is 2.60 bits per heavy atom. The molecule has 1 aromatic rings. The molecule has 0 aromatic carbocycles. The zero-order chi connectivity index (χ0) is 20.7. The lowest BCUT2D eigenvalue weighted by molar-refractivity contribution is -0.0787. The standard InChI is InChI=1S/C26H43N3O/c1-4-30-17-19-5-7-21-20(15-19)6-8-23-22(21)11-12-26(3)24(9-10-25(23)26)18(2)16-29-27-13-14-28-29/h13-14,18-25H,4-12,15-17H2,1-3H3/t18-,19-,20+,21-,22+,23+,24+,25-,26+/m0/s1. The van der Waals surface area contributed by atoms with Gasteiger partial charge in [-0.1, -0.05) is 13.8 Å². The van der Waals surface area contributed by atoms with Gasteiger partial charge in [0.05, 0.1) is 18.9 Å². The molecule has 1 heterocycles. The number of hydrogen-bond acceptors (Lipinski definition) is 3. The van der Waals surface area contributed by atoms with Crippen LogP contribution in [0.1, 0.15) is 78.6 Å². The summed E-state index contributed by atoms with van der Waals surface area (Å²) in [6.07, 6.45) is 16.9. The Morgan fingerprint density at radius 2 is 1.80 bits per heavy atom. The maximum Gasteiger partial charge on any atom is 0.0693 e. The summed E-state index contributed by atoms with van der Waals surface area (Å²) < 4.78 is 5.79. The van der Waals surface area contributed by atoms with Crippen LogP contribution in [-0.4, -0.2) is 28.2 Å². The summed E-state index contributed by atoms with van der Waals surface area (Å²) in [5.74, 6) is 7.38. The number of rotatable bonds is 6. The predicted octanol–water partition coefficient (Wildman–Crippen LogP) is 5.84. The fourth-order valence-electron chi connectivity index (χ4n) is 9.08. The average molecular weight is 414 g/mol. The van der Waals surface area contributed by atoms with Crippen LogP contribution < -0.4 is 0 Å². The van der Waals surface area contributed by atoms with E-state index in [1.807, 2.05) is 17.2 Å². The Hall–Kier alpha value is -0.900. The van der Waals surface area contributed by atoms with Crippen LogP contribution in [0.3, 0.4) is 0 Å². The summed E-state index contributed by atoms with van der Waals surface area (Å²) in [5.41, 5.74) is 0.548. The first-order valence-corrected chi connectivity index (χ1v) is 13.0. The Morgan fingerprint density at radius 1 is 1.00 bits per heavy atom. The minimum Gasteiger partial charge on any atom is -0.381 e. The monoisotopic (exact) mass is 413 g/mol. The van der Waals surface area contributed by atoms with E-state index in [-0.39, 0.29) is 0 Å². The lowest BCUT2D eigenvalue weighted by Crippen LogP contribution is -2.49. The molecule has 4 saturated carbocycles. The third kappa shape index (κ3) is 3.65. The summed E-state index contributed by atoms with van der Waals surface area (Å²) in [6.45, 7) is 10.1. The fraction of sp³-hybridized carbons (Fsp3) is 0.923. The minimum absolute atomic E-state index is 0.548. The highest BCUT2D eigenvalue weighted by Crippen LogP contribution is 2.65. The zero-order valence-corrected chi connectivity index (χ0v) is 19.5. The summed E-state index contributed by atoms with van der Waals surface area (Å²) in [6, 6.07) is 0. The Labute approximate surface area is 183 Å². The van der Waals surface area contributed by atoms with Crippen LogP contribution in [0.15, 0.2) is 12.4 Å². The molecule has 0 unspecified atom stereocenters. The first kappa shape index (κ1) is 21.0. The van der Waals surface area contributed by atoms with E-state index in [0.29, 0.717) is 11.3 Å². The van der Waals surface area contributed by atoms with Crippen molar-refractivity contribution in [3.63, 3.8) is 0 Å². The van der Waals surface area contributed by atoms with Crippen molar-refractivity contribution in [3.8, 4) is 0 Å². The molecular weight excluding hydrogens is 370 g/mol. The summed E-state index contributed by atoms with van der Waals surface area (Å²) >= 11 is 0. The normalized spacial score (nSPS) is 44.2. The van der Waals surface area contributed by atoms with E-state index < -0.39 is 0 Å². The van der Waals surface area contributed by atoms with Crippen molar-refractivity contribution >= 4 is 0 Å². The molecule has 0 radical (unpaired) electrons. The molecule has 5 rings (SSSR count). The molecule has 168 valence electrons. The number of ether oxygens (including phenoxy) is 1. The van der Waals surface area contributed by atoms with Gasteiger partial charge in [0, 0.05) is 13.2 Å². The molecule has 4 aliphatic rings. The maximum absolute atomic E-state index is 5.79. The van der Waals surface area contributed by atoms with E-state index >= 15 is 0 Å². The van der Waals surface area contributed by atoms with Gasteiger partial charge in [0.15, 0.2) is 0 Å². The second kappa shape index (κ2) is 8.56. The van der Waals surface area contributed by atoms with Crippen molar-refractivity contribution in [3.05, 3.63) is 12.4 Å². The predicted molar refractivity (Wildman–Crippen MR) is 120 cm³/mol. The van der Waals surface area contributed by atoms with Crippen molar-refractivity contribution < 1.29 is 4.74 Å². The molecule has 4 nitrogen and oxygen atoms in total. The zero-order valence-electron chi connectivity index (χ0n) is 19.5. The molecular formula is C26H43N3O. The maximum atomic E-state index is 5.79. The van der Waals surface area contributed by atoms with Crippen molar-refractivity contribution in [1.82, 2.24) is 15.0 Å². The first-order chi connectivity index (χ1) is 14.6. The van der Waals surface area contributed by atoms with Crippen LogP contribution in [0.25, 0.3) is 0 Å². The SMILES string of the molecule is CCOC[C@H]1CC[C@H]2[C@H](CC[C@@H]3[C@@H]2CC[C@]2(C)[C@@H]([C@@H](C)Cn4nccn4)CC[C@@H]32)C1. The molecule has 0 aliphatic heterocycles. The van der Waals surface area contributed by atoms with E-state index in [1.165, 1.54) is 57.8 Å². The summed E-state index contributed by atoms with van der Waals surface area (Å²) in [5, 5.41) is 8.77. The van der Waals surface area contributed by atoms with E-state index in [2.05, 4.69) is 31.0 Å². The average Bonchev–Trinajstić information content (AvgIpc) is 3.38. The largest absolute Gasteiger partial charge is 0.381 e. The van der Waals surface area contributed by atoms with Crippen LogP contribution in [0.4, 0.5) is 0 Å². The van der Waals surface area contributed by atoms with E-state index in [0.717, 1.165) is 61.2 Å². The van der Waals surface area contributed by atoms with Crippen molar-refractivity contribution in [2.24, 2.45) is 52.8 Å². The Bertz CT molecular complexity index is 690. The van der Waals surface area contributed by atoms with Crippen molar-refractivity contribution in [1.29, 1.82) is 0 Å². The number of fused-ring (bicyclic) bond motifs is 5. The second-order valence-corrected chi connectivity index (χ2v) is 11.6. The summed E-state index contributed by atoms with van der Waals surface area (Å²) in [7, 11) is 0. The lowest BCUT2D eigenvalue weighted by Gasteiger charge is -2.56. The van der Waals surface area contributed by atoms with Crippen LogP contribution in [0, 0.1) is 52.8 Å². The van der Waals surface area contributed by atoms with Crippen molar-refractivity contribution in [2.45, 2.75) is 85.1 Å². The van der Waals surface area contributed by atoms with Crippen LogP contribution in [0.5, 0.6) is 0 Å². The van der Waals surface area contributed by atoms with Crippen LogP contribution in [0.2, 0.25) is 0 Å². The third-order valence-electron chi connectivity index (χ3n) is 10.3. The molecule has 4 fully saturated rings. The first-order valence-electron chi connectivity index (χ1n) is 13.0. The van der Waals surface area contributed by atoms with Gasteiger partial charge in [-0.15, -0.1) is 0 Å². The molecule has 0 N–H and O–H groups in total. The van der Waals surface area contributed by atoms with Gasteiger partial charge in [-0.2, -0.15) is 15.0 Å². The molecule has 9 atom stereocenters. The molecule has 0 bridgehead atoms. The number of aromatic nitrogens is 3. The van der Waals surface area contributed by atoms with E-state index in [1.54, 1.807) is 0 Å². The topological polar surface area (TPSA) is 39.9 Å². The highest BCUT2D eigenvalue weighted by molar-refractivity contribution is 5.06. The highest BCUT2D eigenvalue weighted by atomic mass is 16.5. The van der Waals surface area contributed by atoms with Gasteiger partial charge < -0.3 is 4.74 Å². The molecule has 0 spiro atoms. The third-order valence-corrected chi connectivity index (χ3v) is 10.3. The van der Waals surface area contributed by atoms with Gasteiger partial charge in [0.1, 0.15) is 0 Å². The minimum atomic E-state index is 0.548.